The molecule has 20 heavy (non-hydrogen) atoms. The van der Waals surface area contributed by atoms with Gasteiger partial charge in [-0.25, -0.2) is 0 Å². The van der Waals surface area contributed by atoms with Crippen molar-refractivity contribution in [3.05, 3.63) is 22.4 Å². The van der Waals surface area contributed by atoms with Crippen LogP contribution in [0.15, 0.2) is 17.5 Å². The normalized spacial score (nSPS) is 20.5. The Morgan fingerprint density at radius 1 is 1.20 bits per heavy atom. The van der Waals surface area contributed by atoms with Crippen LogP contribution in [-0.2, 0) is 4.79 Å². The highest BCUT2D eigenvalue weighted by atomic mass is 32.1. The van der Waals surface area contributed by atoms with E-state index in [4.69, 9.17) is 0 Å². The van der Waals surface area contributed by atoms with Gasteiger partial charge in [-0.2, -0.15) is 0 Å². The summed E-state index contributed by atoms with van der Waals surface area (Å²) in [5, 5.41) is 5.04. The molecule has 2 fully saturated rings. The molecule has 0 atom stereocenters. The van der Waals surface area contributed by atoms with E-state index >= 15 is 0 Å². The zero-order valence-electron chi connectivity index (χ0n) is 11.5. The number of rotatable bonds is 3. The summed E-state index contributed by atoms with van der Waals surface area (Å²) in [5.41, 5.74) is 0. The topological polar surface area (TPSA) is 49.4 Å². The minimum atomic E-state index is -0.0131. The standard InChI is InChI=1S/C15H20N2O2S/c18-14(16-12-5-2-1-3-6-12)11-9-17(10-11)15(19)13-7-4-8-20-13/h4,7-8,11-12H,1-3,5-6,9-10H2,(H,16,18). The summed E-state index contributed by atoms with van der Waals surface area (Å²) in [6.45, 7) is 1.13. The van der Waals surface area contributed by atoms with E-state index in [0.717, 1.165) is 17.7 Å². The quantitative estimate of drug-likeness (QED) is 0.929. The predicted octanol–water partition coefficient (Wildman–Crippen LogP) is 2.27. The molecule has 4 nitrogen and oxygen atoms in total. The smallest absolute Gasteiger partial charge is 0.263 e. The van der Waals surface area contributed by atoms with Gasteiger partial charge in [0.25, 0.3) is 5.91 Å². The average molecular weight is 292 g/mol. The van der Waals surface area contributed by atoms with E-state index in [2.05, 4.69) is 5.32 Å². The molecule has 5 heteroatoms. The van der Waals surface area contributed by atoms with Crippen LogP contribution >= 0.6 is 11.3 Å². The van der Waals surface area contributed by atoms with Crippen molar-refractivity contribution in [1.29, 1.82) is 0 Å². The summed E-state index contributed by atoms with van der Waals surface area (Å²) in [5.74, 6) is 0.176. The third-order valence-corrected chi connectivity index (χ3v) is 5.08. The van der Waals surface area contributed by atoms with Crippen LogP contribution in [0.1, 0.15) is 41.8 Å². The molecule has 2 amide bonds. The van der Waals surface area contributed by atoms with Gasteiger partial charge in [0, 0.05) is 19.1 Å². The fourth-order valence-corrected chi connectivity index (χ4v) is 3.62. The number of amides is 2. The van der Waals surface area contributed by atoms with Gasteiger partial charge < -0.3 is 10.2 Å². The Bertz CT molecular complexity index is 474. The third kappa shape index (κ3) is 2.87. The lowest BCUT2D eigenvalue weighted by Gasteiger charge is -2.39. The first-order chi connectivity index (χ1) is 9.74. The molecule has 1 aliphatic heterocycles. The Morgan fingerprint density at radius 2 is 1.95 bits per heavy atom. The number of nitrogens with one attached hydrogen (secondary N) is 1. The average Bonchev–Trinajstić information content (AvgIpc) is 2.91. The van der Waals surface area contributed by atoms with Crippen molar-refractivity contribution in [1.82, 2.24) is 10.2 Å². The Labute approximate surface area is 123 Å². The molecule has 0 spiro atoms. The molecular formula is C15H20N2O2S. The van der Waals surface area contributed by atoms with Crippen molar-refractivity contribution in [3.63, 3.8) is 0 Å². The third-order valence-electron chi connectivity index (χ3n) is 4.22. The first-order valence-electron chi connectivity index (χ1n) is 7.37. The Balaban J connectivity index is 1.45. The zero-order chi connectivity index (χ0) is 13.9. The van der Waals surface area contributed by atoms with Gasteiger partial charge in [-0.1, -0.05) is 25.3 Å². The number of likely N-dealkylation sites (tertiary alicyclic amines) is 1. The number of hydrogen-bond acceptors (Lipinski definition) is 3. The highest BCUT2D eigenvalue weighted by Gasteiger charge is 2.36. The van der Waals surface area contributed by atoms with E-state index in [-0.39, 0.29) is 17.7 Å². The van der Waals surface area contributed by atoms with E-state index < -0.39 is 0 Å². The lowest BCUT2D eigenvalue weighted by Crippen LogP contribution is -2.56. The molecule has 108 valence electrons. The van der Waals surface area contributed by atoms with Crippen LogP contribution in [0.4, 0.5) is 0 Å². The lowest BCUT2D eigenvalue weighted by atomic mass is 9.93. The second kappa shape index (κ2) is 5.95. The van der Waals surface area contributed by atoms with Crippen LogP contribution in [0.2, 0.25) is 0 Å². The van der Waals surface area contributed by atoms with Crippen LogP contribution in [-0.4, -0.2) is 35.8 Å². The summed E-state index contributed by atoms with van der Waals surface area (Å²) in [7, 11) is 0. The molecule has 0 radical (unpaired) electrons. The Kier molecular flexibility index (Phi) is 4.05. The van der Waals surface area contributed by atoms with Crippen molar-refractivity contribution in [2.75, 3.05) is 13.1 Å². The number of hydrogen-bond donors (Lipinski definition) is 1. The van der Waals surface area contributed by atoms with Gasteiger partial charge in [0.2, 0.25) is 5.91 Å². The van der Waals surface area contributed by atoms with Gasteiger partial charge in [-0.05, 0) is 24.3 Å². The van der Waals surface area contributed by atoms with Crippen LogP contribution < -0.4 is 5.32 Å². The number of carbonyl (C=O) groups is 2. The van der Waals surface area contributed by atoms with Crippen molar-refractivity contribution >= 4 is 23.2 Å². The minimum absolute atomic E-state index is 0.0131. The fourth-order valence-electron chi connectivity index (χ4n) is 2.93. The molecule has 0 unspecified atom stereocenters. The van der Waals surface area contributed by atoms with E-state index in [9.17, 15) is 9.59 Å². The number of carbonyl (C=O) groups excluding carboxylic acids is 2. The Morgan fingerprint density at radius 3 is 2.60 bits per heavy atom. The van der Waals surface area contributed by atoms with Crippen molar-refractivity contribution < 1.29 is 9.59 Å². The molecule has 1 N–H and O–H groups in total. The summed E-state index contributed by atoms with van der Waals surface area (Å²) >= 11 is 1.45. The first-order valence-corrected chi connectivity index (χ1v) is 8.25. The molecule has 0 aromatic carbocycles. The van der Waals surface area contributed by atoms with Crippen molar-refractivity contribution in [2.24, 2.45) is 5.92 Å². The highest BCUT2D eigenvalue weighted by Crippen LogP contribution is 2.23. The SMILES string of the molecule is O=C(NC1CCCCC1)C1CN(C(=O)c2cccs2)C1. The molecule has 2 aliphatic rings. The second-order valence-corrected chi connectivity index (χ2v) is 6.68. The van der Waals surface area contributed by atoms with Gasteiger partial charge in [-0.3, -0.25) is 9.59 Å². The summed E-state index contributed by atoms with van der Waals surface area (Å²) in [6, 6.07) is 4.08. The molecule has 0 bridgehead atoms. The van der Waals surface area contributed by atoms with Gasteiger partial charge in [-0.15, -0.1) is 11.3 Å². The summed E-state index contributed by atoms with van der Waals surface area (Å²) in [6.07, 6.45) is 5.95. The molecule has 3 rings (SSSR count). The molecule has 1 saturated carbocycles. The van der Waals surface area contributed by atoms with E-state index in [1.807, 2.05) is 17.5 Å². The van der Waals surface area contributed by atoms with Crippen molar-refractivity contribution in [2.45, 2.75) is 38.1 Å². The first kappa shape index (κ1) is 13.6. The zero-order valence-corrected chi connectivity index (χ0v) is 12.3. The van der Waals surface area contributed by atoms with Crippen molar-refractivity contribution in [3.8, 4) is 0 Å². The molecule has 2 heterocycles. The fraction of sp³-hybridized carbons (Fsp3) is 0.600. The largest absolute Gasteiger partial charge is 0.353 e. The molecule has 1 aromatic heterocycles. The van der Waals surface area contributed by atoms with E-state index in [1.54, 1.807) is 4.90 Å². The Hall–Kier alpha value is -1.36. The second-order valence-electron chi connectivity index (χ2n) is 5.73. The van der Waals surface area contributed by atoms with Crippen LogP contribution in [0.25, 0.3) is 0 Å². The van der Waals surface area contributed by atoms with Gasteiger partial charge in [0.1, 0.15) is 0 Å². The molecule has 1 aromatic rings. The number of nitrogens with zero attached hydrogens (tertiary/aromatic N) is 1. The summed E-state index contributed by atoms with van der Waals surface area (Å²) in [4.78, 5) is 26.7. The molecule has 1 saturated heterocycles. The molecule has 1 aliphatic carbocycles. The number of thiophene rings is 1. The van der Waals surface area contributed by atoms with Gasteiger partial charge in [0.05, 0.1) is 10.8 Å². The maximum absolute atomic E-state index is 12.1. The van der Waals surface area contributed by atoms with Gasteiger partial charge in [0.15, 0.2) is 0 Å². The highest BCUT2D eigenvalue weighted by molar-refractivity contribution is 7.12. The monoisotopic (exact) mass is 292 g/mol. The maximum Gasteiger partial charge on any atom is 0.263 e. The summed E-state index contributed by atoms with van der Waals surface area (Å²) < 4.78 is 0. The maximum atomic E-state index is 12.1. The lowest BCUT2D eigenvalue weighted by molar-refractivity contribution is -0.129. The van der Waals surface area contributed by atoms with Crippen LogP contribution in [0.5, 0.6) is 0 Å². The van der Waals surface area contributed by atoms with Crippen LogP contribution in [0, 0.1) is 5.92 Å². The van der Waals surface area contributed by atoms with E-state index in [1.165, 1.54) is 30.6 Å². The van der Waals surface area contributed by atoms with E-state index in [0.29, 0.717) is 19.1 Å². The molecular weight excluding hydrogens is 272 g/mol. The predicted molar refractivity (Wildman–Crippen MR) is 78.7 cm³/mol. The minimum Gasteiger partial charge on any atom is -0.353 e. The van der Waals surface area contributed by atoms with Gasteiger partial charge >= 0.3 is 0 Å². The van der Waals surface area contributed by atoms with Crippen LogP contribution in [0.3, 0.4) is 0 Å².